The monoisotopic (exact) mass is 396 g/mol. The highest BCUT2D eigenvalue weighted by Crippen LogP contribution is 2.08. The van der Waals surface area contributed by atoms with Gasteiger partial charge in [0.25, 0.3) is 0 Å². The molecular formula is C25H40N4. The second-order valence-electron chi connectivity index (χ2n) is 7.01. The van der Waals surface area contributed by atoms with Gasteiger partial charge in [-0.3, -0.25) is 0 Å². The smallest absolute Gasteiger partial charge is 0.0379 e. The summed E-state index contributed by atoms with van der Waals surface area (Å²) in [4.78, 5) is 0. The van der Waals surface area contributed by atoms with Gasteiger partial charge in [0.15, 0.2) is 0 Å². The van der Waals surface area contributed by atoms with Gasteiger partial charge >= 0.3 is 0 Å². The number of hydrogen-bond acceptors (Lipinski definition) is 4. The summed E-state index contributed by atoms with van der Waals surface area (Å²) >= 11 is 0. The Hall–Kier alpha value is -2.62. The van der Waals surface area contributed by atoms with Crippen LogP contribution in [0.4, 0.5) is 5.69 Å². The SMILES string of the molecule is CCCC=CNCCCCC=CNCC=CNCCC=CNc1ccc(C)cc1. The molecule has 0 unspecified atom stereocenters. The fourth-order valence-corrected chi connectivity index (χ4v) is 2.49. The molecule has 0 aliphatic rings. The molecule has 0 spiro atoms. The van der Waals surface area contributed by atoms with Crippen LogP contribution < -0.4 is 21.3 Å². The summed E-state index contributed by atoms with van der Waals surface area (Å²) in [6.45, 7) is 7.13. The molecule has 0 aliphatic heterocycles. The predicted octanol–water partition coefficient (Wildman–Crippen LogP) is 5.59. The molecule has 0 atom stereocenters. The molecule has 160 valence electrons. The molecule has 0 radical (unpaired) electrons. The van der Waals surface area contributed by atoms with E-state index in [0.29, 0.717) is 0 Å². The Morgan fingerprint density at radius 3 is 2.21 bits per heavy atom. The topological polar surface area (TPSA) is 48.1 Å². The number of aryl methyl sites for hydroxylation is 1. The Bertz CT molecular complexity index is 600. The van der Waals surface area contributed by atoms with Crippen LogP contribution in [0.2, 0.25) is 0 Å². The molecule has 1 aromatic rings. The third kappa shape index (κ3) is 16.1. The van der Waals surface area contributed by atoms with Crippen molar-refractivity contribution >= 4 is 5.69 Å². The van der Waals surface area contributed by atoms with Crippen molar-refractivity contribution in [2.75, 3.05) is 25.0 Å². The van der Waals surface area contributed by atoms with Gasteiger partial charge in [0.05, 0.1) is 0 Å². The molecule has 4 nitrogen and oxygen atoms in total. The Kier molecular flexibility index (Phi) is 15.8. The van der Waals surface area contributed by atoms with Gasteiger partial charge in [-0.05, 0) is 82.0 Å². The fourth-order valence-electron chi connectivity index (χ4n) is 2.49. The first-order valence-corrected chi connectivity index (χ1v) is 11.0. The molecule has 4 N–H and O–H groups in total. The number of nitrogens with one attached hydrogen (secondary N) is 4. The molecule has 0 saturated carbocycles. The van der Waals surface area contributed by atoms with Gasteiger partial charge in [-0.1, -0.05) is 49.3 Å². The normalized spacial score (nSPS) is 11.8. The zero-order chi connectivity index (χ0) is 20.8. The highest BCUT2D eigenvalue weighted by atomic mass is 14.9. The molecule has 29 heavy (non-hydrogen) atoms. The number of benzene rings is 1. The fraction of sp³-hybridized carbons (Fsp3) is 0.440. The lowest BCUT2D eigenvalue weighted by atomic mass is 10.2. The van der Waals surface area contributed by atoms with E-state index in [2.05, 4.69) is 96.1 Å². The zero-order valence-electron chi connectivity index (χ0n) is 18.3. The van der Waals surface area contributed by atoms with E-state index in [4.69, 9.17) is 0 Å². The van der Waals surface area contributed by atoms with Gasteiger partial charge in [0.2, 0.25) is 0 Å². The van der Waals surface area contributed by atoms with Crippen molar-refractivity contribution in [1.29, 1.82) is 0 Å². The summed E-state index contributed by atoms with van der Waals surface area (Å²) in [5.41, 5.74) is 2.40. The van der Waals surface area contributed by atoms with Crippen molar-refractivity contribution in [2.45, 2.75) is 52.4 Å². The largest absolute Gasteiger partial charge is 0.391 e. The summed E-state index contributed by atoms with van der Waals surface area (Å²) in [5, 5.41) is 13.2. The number of allylic oxidation sites excluding steroid dienone is 2. The standard InChI is InChI=1S/C25H40N4/c1-3-4-7-17-26-18-8-5-6-9-19-27-21-12-22-28-20-10-11-23-29-25-15-13-24(2)14-16-25/h7,9,11-17,19,22-23,26-29H,3-6,8,10,18,20-21H2,1-2H3. The van der Waals surface area contributed by atoms with Crippen LogP contribution in [0.15, 0.2) is 73.4 Å². The van der Waals surface area contributed by atoms with Gasteiger partial charge in [-0.15, -0.1) is 0 Å². The van der Waals surface area contributed by atoms with E-state index in [1.807, 2.05) is 12.4 Å². The molecular weight excluding hydrogens is 356 g/mol. The van der Waals surface area contributed by atoms with E-state index in [1.54, 1.807) is 0 Å². The maximum atomic E-state index is 3.33. The average Bonchev–Trinajstić information content (AvgIpc) is 2.73. The molecule has 4 heteroatoms. The van der Waals surface area contributed by atoms with Gasteiger partial charge in [0.1, 0.15) is 0 Å². The Morgan fingerprint density at radius 1 is 0.690 bits per heavy atom. The van der Waals surface area contributed by atoms with Crippen LogP contribution in [0.1, 0.15) is 51.0 Å². The molecule has 0 fully saturated rings. The van der Waals surface area contributed by atoms with E-state index in [-0.39, 0.29) is 0 Å². The van der Waals surface area contributed by atoms with Crippen molar-refractivity contribution in [3.05, 3.63) is 78.9 Å². The minimum absolute atomic E-state index is 0.845. The molecule has 0 aliphatic carbocycles. The van der Waals surface area contributed by atoms with Gasteiger partial charge < -0.3 is 21.3 Å². The predicted molar refractivity (Wildman–Crippen MR) is 129 cm³/mol. The molecule has 0 saturated heterocycles. The summed E-state index contributed by atoms with van der Waals surface area (Å²) in [5.74, 6) is 0. The molecule has 0 aromatic heterocycles. The van der Waals surface area contributed by atoms with Gasteiger partial charge in [0, 0.05) is 25.3 Å². The lowest BCUT2D eigenvalue weighted by Gasteiger charge is -2.01. The molecule has 1 rings (SSSR count). The highest BCUT2D eigenvalue weighted by Gasteiger charge is 1.87. The van der Waals surface area contributed by atoms with Crippen molar-refractivity contribution in [2.24, 2.45) is 0 Å². The van der Waals surface area contributed by atoms with E-state index in [0.717, 1.165) is 44.6 Å². The average molecular weight is 397 g/mol. The maximum Gasteiger partial charge on any atom is 0.0379 e. The number of hydrogen-bond donors (Lipinski definition) is 4. The minimum Gasteiger partial charge on any atom is -0.391 e. The van der Waals surface area contributed by atoms with Crippen LogP contribution in [0, 0.1) is 6.92 Å². The van der Waals surface area contributed by atoms with Crippen LogP contribution in [-0.2, 0) is 0 Å². The number of unbranched alkanes of at least 4 members (excludes halogenated alkanes) is 3. The van der Waals surface area contributed by atoms with Crippen molar-refractivity contribution in [3.8, 4) is 0 Å². The second-order valence-corrected chi connectivity index (χ2v) is 7.01. The Morgan fingerprint density at radius 2 is 1.38 bits per heavy atom. The molecule has 0 heterocycles. The molecule has 0 bridgehead atoms. The lowest BCUT2D eigenvalue weighted by molar-refractivity contribution is 0.701. The summed E-state index contributed by atoms with van der Waals surface area (Å²) in [7, 11) is 0. The van der Waals surface area contributed by atoms with Gasteiger partial charge in [-0.25, -0.2) is 0 Å². The van der Waals surface area contributed by atoms with E-state index < -0.39 is 0 Å². The van der Waals surface area contributed by atoms with Crippen molar-refractivity contribution < 1.29 is 0 Å². The van der Waals surface area contributed by atoms with E-state index >= 15 is 0 Å². The zero-order valence-corrected chi connectivity index (χ0v) is 18.3. The Balaban J connectivity index is 1.87. The highest BCUT2D eigenvalue weighted by molar-refractivity contribution is 5.46. The third-order valence-electron chi connectivity index (χ3n) is 4.21. The van der Waals surface area contributed by atoms with Crippen LogP contribution in [0.3, 0.4) is 0 Å². The lowest BCUT2D eigenvalue weighted by Crippen LogP contribution is -2.09. The second kappa shape index (κ2) is 18.7. The van der Waals surface area contributed by atoms with Crippen molar-refractivity contribution in [3.63, 3.8) is 0 Å². The number of anilines is 1. The van der Waals surface area contributed by atoms with Crippen LogP contribution in [0.25, 0.3) is 0 Å². The van der Waals surface area contributed by atoms with Crippen molar-refractivity contribution in [1.82, 2.24) is 16.0 Å². The summed E-state index contributed by atoms with van der Waals surface area (Å²) < 4.78 is 0. The number of rotatable bonds is 17. The third-order valence-corrected chi connectivity index (χ3v) is 4.21. The summed E-state index contributed by atoms with van der Waals surface area (Å²) in [6, 6.07) is 8.40. The van der Waals surface area contributed by atoms with Gasteiger partial charge in [-0.2, -0.15) is 0 Å². The van der Waals surface area contributed by atoms with Crippen LogP contribution >= 0.6 is 0 Å². The van der Waals surface area contributed by atoms with E-state index in [9.17, 15) is 0 Å². The minimum atomic E-state index is 0.845. The quantitative estimate of drug-likeness (QED) is 0.259. The van der Waals surface area contributed by atoms with Crippen LogP contribution in [0.5, 0.6) is 0 Å². The van der Waals surface area contributed by atoms with E-state index in [1.165, 1.54) is 24.8 Å². The Labute approximate surface area is 178 Å². The van der Waals surface area contributed by atoms with Crippen LogP contribution in [-0.4, -0.2) is 19.6 Å². The molecule has 1 aromatic carbocycles. The maximum absolute atomic E-state index is 3.33. The first-order chi connectivity index (χ1) is 14.3. The first kappa shape index (κ1) is 24.4. The molecule has 0 amide bonds. The summed E-state index contributed by atoms with van der Waals surface area (Å²) in [6.07, 6.45) is 23.7. The first-order valence-electron chi connectivity index (χ1n) is 11.0.